The number of primary amides is 1. The van der Waals surface area contributed by atoms with E-state index in [1.165, 1.54) is 0 Å². The Labute approximate surface area is 106 Å². The molecule has 3 nitrogen and oxygen atoms in total. The SMILES string of the molecule is NC(=O)c1cccc(C2(c3ccccn3)CC2)c1. The highest BCUT2D eigenvalue weighted by Gasteiger charge is 2.47. The lowest BCUT2D eigenvalue weighted by Crippen LogP contribution is -2.14. The number of pyridine rings is 1. The number of aromatic nitrogens is 1. The van der Waals surface area contributed by atoms with Gasteiger partial charge in [-0.1, -0.05) is 18.2 Å². The number of hydrogen-bond acceptors (Lipinski definition) is 2. The number of rotatable bonds is 3. The average molecular weight is 238 g/mol. The van der Waals surface area contributed by atoms with Crippen molar-refractivity contribution in [3.63, 3.8) is 0 Å². The van der Waals surface area contributed by atoms with E-state index in [9.17, 15) is 4.79 Å². The van der Waals surface area contributed by atoms with Crippen LogP contribution < -0.4 is 5.73 Å². The van der Waals surface area contributed by atoms with Crippen molar-refractivity contribution < 1.29 is 4.79 Å². The van der Waals surface area contributed by atoms with Crippen LogP contribution in [0.25, 0.3) is 0 Å². The predicted octanol–water partition coefficient (Wildman–Crippen LogP) is 2.26. The monoisotopic (exact) mass is 238 g/mol. The molecule has 0 bridgehead atoms. The van der Waals surface area contributed by atoms with Gasteiger partial charge in [-0.2, -0.15) is 0 Å². The van der Waals surface area contributed by atoms with Gasteiger partial charge in [-0.25, -0.2) is 0 Å². The zero-order chi connectivity index (χ0) is 12.6. The van der Waals surface area contributed by atoms with Gasteiger partial charge in [-0.3, -0.25) is 9.78 Å². The van der Waals surface area contributed by atoms with Gasteiger partial charge in [0.15, 0.2) is 0 Å². The number of carbonyl (C=O) groups excluding carboxylic acids is 1. The van der Waals surface area contributed by atoms with Gasteiger partial charge in [0.25, 0.3) is 0 Å². The maximum Gasteiger partial charge on any atom is 0.248 e. The van der Waals surface area contributed by atoms with Gasteiger partial charge in [0.05, 0.1) is 5.69 Å². The smallest absolute Gasteiger partial charge is 0.248 e. The third kappa shape index (κ3) is 1.68. The summed E-state index contributed by atoms with van der Waals surface area (Å²) in [4.78, 5) is 15.7. The maximum absolute atomic E-state index is 11.2. The quantitative estimate of drug-likeness (QED) is 0.891. The number of nitrogens with two attached hydrogens (primary N) is 1. The Morgan fingerprint density at radius 2 is 2.00 bits per heavy atom. The first-order chi connectivity index (χ1) is 8.72. The van der Waals surface area contributed by atoms with Crippen molar-refractivity contribution in [2.45, 2.75) is 18.3 Å². The standard InChI is InChI=1S/C15H14N2O/c16-14(18)11-4-3-5-12(10-11)15(7-8-15)13-6-1-2-9-17-13/h1-6,9-10H,7-8H2,(H2,16,18). The first-order valence-corrected chi connectivity index (χ1v) is 6.04. The van der Waals surface area contributed by atoms with E-state index < -0.39 is 0 Å². The molecule has 1 aromatic carbocycles. The Balaban J connectivity index is 2.05. The molecule has 0 spiro atoms. The molecule has 0 saturated heterocycles. The first-order valence-electron chi connectivity index (χ1n) is 6.04. The minimum absolute atomic E-state index is 0.00722. The molecule has 0 atom stereocenters. The van der Waals surface area contributed by atoms with E-state index in [2.05, 4.69) is 4.98 Å². The molecule has 1 heterocycles. The van der Waals surface area contributed by atoms with Crippen LogP contribution in [0, 0.1) is 0 Å². The second kappa shape index (κ2) is 3.95. The molecule has 3 rings (SSSR count). The second-order valence-corrected chi connectivity index (χ2v) is 4.74. The molecule has 1 fully saturated rings. The summed E-state index contributed by atoms with van der Waals surface area (Å²) >= 11 is 0. The highest BCUT2D eigenvalue weighted by molar-refractivity contribution is 5.93. The summed E-state index contributed by atoms with van der Waals surface area (Å²) in [5.41, 5.74) is 8.10. The average Bonchev–Trinajstić information content (AvgIpc) is 3.21. The van der Waals surface area contributed by atoms with Gasteiger partial charge < -0.3 is 5.73 Å². The van der Waals surface area contributed by atoms with E-state index in [1.54, 1.807) is 6.07 Å². The summed E-state index contributed by atoms with van der Waals surface area (Å²) in [6, 6.07) is 13.5. The molecule has 90 valence electrons. The number of benzene rings is 1. The van der Waals surface area contributed by atoms with E-state index in [0.717, 1.165) is 24.1 Å². The lowest BCUT2D eigenvalue weighted by molar-refractivity contribution is 0.1000. The highest BCUT2D eigenvalue weighted by atomic mass is 16.1. The molecule has 1 aliphatic carbocycles. The molecule has 1 saturated carbocycles. The fourth-order valence-corrected chi connectivity index (χ4v) is 2.43. The summed E-state index contributed by atoms with van der Waals surface area (Å²) in [5.74, 6) is -0.381. The van der Waals surface area contributed by atoms with Gasteiger partial charge in [-0.15, -0.1) is 0 Å². The highest BCUT2D eigenvalue weighted by Crippen LogP contribution is 2.52. The van der Waals surface area contributed by atoms with Crippen LogP contribution >= 0.6 is 0 Å². The van der Waals surface area contributed by atoms with Crippen molar-refractivity contribution in [3.8, 4) is 0 Å². The fourth-order valence-electron chi connectivity index (χ4n) is 2.43. The van der Waals surface area contributed by atoms with Crippen LogP contribution in [0.4, 0.5) is 0 Å². The Morgan fingerprint density at radius 1 is 1.17 bits per heavy atom. The number of carbonyl (C=O) groups is 1. The normalized spacial score (nSPS) is 16.2. The van der Waals surface area contributed by atoms with Crippen molar-refractivity contribution >= 4 is 5.91 Å². The molecule has 3 heteroatoms. The van der Waals surface area contributed by atoms with E-state index >= 15 is 0 Å². The van der Waals surface area contributed by atoms with Crippen LogP contribution in [-0.4, -0.2) is 10.9 Å². The van der Waals surface area contributed by atoms with Crippen molar-refractivity contribution in [2.75, 3.05) is 0 Å². The summed E-state index contributed by atoms with van der Waals surface area (Å²) in [7, 11) is 0. The lowest BCUT2D eigenvalue weighted by atomic mass is 9.90. The molecular weight excluding hydrogens is 224 g/mol. The Kier molecular flexibility index (Phi) is 2.40. The van der Waals surface area contributed by atoms with E-state index in [4.69, 9.17) is 5.73 Å². The maximum atomic E-state index is 11.2. The van der Waals surface area contributed by atoms with E-state index in [-0.39, 0.29) is 11.3 Å². The molecule has 1 aliphatic rings. The number of amides is 1. The molecule has 0 aliphatic heterocycles. The van der Waals surface area contributed by atoms with Crippen LogP contribution in [0.5, 0.6) is 0 Å². The molecule has 1 aromatic heterocycles. The van der Waals surface area contributed by atoms with Gasteiger partial charge in [0.2, 0.25) is 5.91 Å². The van der Waals surface area contributed by atoms with Crippen molar-refractivity contribution in [2.24, 2.45) is 5.73 Å². The Hall–Kier alpha value is -2.16. The largest absolute Gasteiger partial charge is 0.366 e. The summed E-state index contributed by atoms with van der Waals surface area (Å²) < 4.78 is 0. The third-order valence-electron chi connectivity index (χ3n) is 3.60. The molecule has 2 aromatic rings. The lowest BCUT2D eigenvalue weighted by Gasteiger charge is -2.15. The Bertz CT molecular complexity index is 588. The molecule has 18 heavy (non-hydrogen) atoms. The topological polar surface area (TPSA) is 56.0 Å². The van der Waals surface area contributed by atoms with Crippen molar-refractivity contribution in [3.05, 3.63) is 65.5 Å². The zero-order valence-corrected chi connectivity index (χ0v) is 9.97. The van der Waals surface area contributed by atoms with Crippen LogP contribution in [-0.2, 0) is 5.41 Å². The summed E-state index contributed by atoms with van der Waals surface area (Å²) in [6.07, 6.45) is 3.96. The number of hydrogen-bond donors (Lipinski definition) is 1. The molecular formula is C15H14N2O. The van der Waals surface area contributed by atoms with E-state index in [0.29, 0.717) is 5.56 Å². The first kappa shape index (κ1) is 11.0. The fraction of sp³-hybridized carbons (Fsp3) is 0.200. The number of nitrogens with zero attached hydrogens (tertiary/aromatic N) is 1. The van der Waals surface area contributed by atoms with Crippen LogP contribution in [0.1, 0.15) is 34.5 Å². The minimum Gasteiger partial charge on any atom is -0.366 e. The van der Waals surface area contributed by atoms with Gasteiger partial charge in [0.1, 0.15) is 0 Å². The molecule has 1 amide bonds. The minimum atomic E-state index is -0.381. The summed E-state index contributed by atoms with van der Waals surface area (Å²) in [6.45, 7) is 0. The van der Waals surface area contributed by atoms with Crippen molar-refractivity contribution in [1.82, 2.24) is 4.98 Å². The molecule has 2 N–H and O–H groups in total. The van der Waals surface area contributed by atoms with Crippen LogP contribution in [0.15, 0.2) is 48.7 Å². The molecule has 0 radical (unpaired) electrons. The van der Waals surface area contributed by atoms with Gasteiger partial charge in [-0.05, 0) is 42.7 Å². The molecule has 0 unspecified atom stereocenters. The zero-order valence-electron chi connectivity index (χ0n) is 9.97. The summed E-state index contributed by atoms with van der Waals surface area (Å²) in [5, 5.41) is 0. The Morgan fingerprint density at radius 3 is 2.61 bits per heavy atom. The van der Waals surface area contributed by atoms with Crippen molar-refractivity contribution in [1.29, 1.82) is 0 Å². The van der Waals surface area contributed by atoms with Gasteiger partial charge in [0, 0.05) is 17.2 Å². The van der Waals surface area contributed by atoms with Crippen LogP contribution in [0.2, 0.25) is 0 Å². The van der Waals surface area contributed by atoms with Crippen LogP contribution in [0.3, 0.4) is 0 Å². The van der Waals surface area contributed by atoms with Gasteiger partial charge >= 0.3 is 0 Å². The van der Waals surface area contributed by atoms with E-state index in [1.807, 2.05) is 42.6 Å². The predicted molar refractivity (Wildman–Crippen MR) is 69.2 cm³/mol. The third-order valence-corrected chi connectivity index (χ3v) is 3.60. The second-order valence-electron chi connectivity index (χ2n) is 4.74.